The fourth-order valence-electron chi connectivity index (χ4n) is 3.58. The summed E-state index contributed by atoms with van der Waals surface area (Å²) in [4.78, 5) is 4.27. The molecule has 3 heteroatoms. The summed E-state index contributed by atoms with van der Waals surface area (Å²) in [5.41, 5.74) is 0. The molecule has 0 aliphatic heterocycles. The van der Waals surface area contributed by atoms with E-state index in [1.165, 1.54) is 25.7 Å². The van der Waals surface area contributed by atoms with Gasteiger partial charge in [0.15, 0.2) is 0 Å². The van der Waals surface area contributed by atoms with Gasteiger partial charge in [-0.3, -0.25) is 0 Å². The first-order valence-electron chi connectivity index (χ1n) is 6.99. The zero-order valence-corrected chi connectivity index (χ0v) is 10.6. The van der Waals surface area contributed by atoms with Crippen molar-refractivity contribution in [2.24, 2.45) is 17.8 Å². The number of aromatic nitrogens is 1. The molecule has 0 aromatic carbocycles. The average molecular weight is 234 g/mol. The molecule has 2 aliphatic rings. The maximum atomic E-state index is 5.59. The quantitative estimate of drug-likeness (QED) is 0.851. The Bertz CT molecular complexity index is 374. The molecule has 3 unspecified atom stereocenters. The predicted octanol–water partition coefficient (Wildman–Crippen LogP) is 2.76. The van der Waals surface area contributed by atoms with Crippen LogP contribution in [0.1, 0.15) is 44.3 Å². The molecule has 3 rings (SSSR count). The molecule has 3 atom stereocenters. The molecule has 0 spiro atoms. The zero-order chi connectivity index (χ0) is 11.7. The van der Waals surface area contributed by atoms with Gasteiger partial charge in [-0.1, -0.05) is 13.3 Å². The third kappa shape index (κ3) is 2.39. The van der Waals surface area contributed by atoms with Crippen LogP contribution >= 0.6 is 0 Å². The first-order chi connectivity index (χ1) is 8.35. The molecule has 1 heterocycles. The number of fused-ring (bicyclic) bond motifs is 2. The molecule has 2 aliphatic carbocycles. The summed E-state index contributed by atoms with van der Waals surface area (Å²) in [6.45, 7) is 4.02. The Morgan fingerprint density at radius 1 is 1.41 bits per heavy atom. The SMILES string of the molecule is CCc1cnc(CNCC2CC3CCC2C3)o1. The van der Waals surface area contributed by atoms with E-state index in [1.54, 1.807) is 0 Å². The fourth-order valence-corrected chi connectivity index (χ4v) is 3.58. The summed E-state index contributed by atoms with van der Waals surface area (Å²) in [5.74, 6) is 4.78. The zero-order valence-electron chi connectivity index (χ0n) is 10.6. The molecule has 17 heavy (non-hydrogen) atoms. The van der Waals surface area contributed by atoms with E-state index in [0.29, 0.717) is 0 Å². The Morgan fingerprint density at radius 3 is 3.00 bits per heavy atom. The predicted molar refractivity (Wildman–Crippen MR) is 66.5 cm³/mol. The van der Waals surface area contributed by atoms with Gasteiger partial charge in [0.25, 0.3) is 0 Å². The highest BCUT2D eigenvalue weighted by molar-refractivity contribution is 4.94. The molecular weight excluding hydrogens is 212 g/mol. The number of oxazole rings is 1. The van der Waals surface area contributed by atoms with Gasteiger partial charge in [0, 0.05) is 6.42 Å². The van der Waals surface area contributed by atoms with E-state index in [9.17, 15) is 0 Å². The van der Waals surface area contributed by atoms with E-state index in [1.807, 2.05) is 6.20 Å². The summed E-state index contributed by atoms with van der Waals surface area (Å²) in [6.07, 6.45) is 8.67. The van der Waals surface area contributed by atoms with Gasteiger partial charge in [0.1, 0.15) is 5.76 Å². The highest BCUT2D eigenvalue weighted by Gasteiger charge is 2.38. The Labute approximate surface area is 103 Å². The first kappa shape index (κ1) is 11.3. The van der Waals surface area contributed by atoms with Crippen LogP contribution in [0, 0.1) is 17.8 Å². The number of hydrogen-bond donors (Lipinski definition) is 1. The molecule has 0 saturated heterocycles. The van der Waals surface area contributed by atoms with Crippen LogP contribution in [0.3, 0.4) is 0 Å². The highest BCUT2D eigenvalue weighted by Crippen LogP contribution is 2.47. The molecular formula is C14H22N2O. The van der Waals surface area contributed by atoms with Crippen LogP contribution in [0.15, 0.2) is 10.6 Å². The van der Waals surface area contributed by atoms with Gasteiger partial charge >= 0.3 is 0 Å². The van der Waals surface area contributed by atoms with Gasteiger partial charge in [-0.2, -0.15) is 0 Å². The van der Waals surface area contributed by atoms with Crippen molar-refractivity contribution in [3.05, 3.63) is 17.8 Å². The van der Waals surface area contributed by atoms with Crippen molar-refractivity contribution in [3.63, 3.8) is 0 Å². The van der Waals surface area contributed by atoms with Crippen LogP contribution in [0.4, 0.5) is 0 Å². The molecule has 2 saturated carbocycles. The third-order valence-electron chi connectivity index (χ3n) is 4.52. The maximum absolute atomic E-state index is 5.59. The van der Waals surface area contributed by atoms with Crippen LogP contribution < -0.4 is 5.32 Å². The molecule has 1 aromatic heterocycles. The van der Waals surface area contributed by atoms with Gasteiger partial charge in [-0.15, -0.1) is 0 Å². The van der Waals surface area contributed by atoms with Crippen molar-refractivity contribution in [3.8, 4) is 0 Å². The van der Waals surface area contributed by atoms with E-state index in [-0.39, 0.29) is 0 Å². The molecule has 2 bridgehead atoms. The molecule has 1 aromatic rings. The number of nitrogens with zero attached hydrogens (tertiary/aromatic N) is 1. The second kappa shape index (κ2) is 4.81. The molecule has 3 nitrogen and oxygen atoms in total. The Hall–Kier alpha value is -0.830. The second-order valence-corrected chi connectivity index (χ2v) is 5.64. The summed E-state index contributed by atoms with van der Waals surface area (Å²) >= 11 is 0. The van der Waals surface area contributed by atoms with E-state index in [2.05, 4.69) is 17.2 Å². The first-order valence-corrected chi connectivity index (χ1v) is 6.99. The van der Waals surface area contributed by atoms with Crippen LogP contribution in [0.2, 0.25) is 0 Å². The van der Waals surface area contributed by atoms with E-state index in [4.69, 9.17) is 4.42 Å². The summed E-state index contributed by atoms with van der Waals surface area (Å²) < 4.78 is 5.59. The lowest BCUT2D eigenvalue weighted by Crippen LogP contribution is -2.26. The lowest BCUT2D eigenvalue weighted by atomic mass is 9.89. The lowest BCUT2D eigenvalue weighted by Gasteiger charge is -2.21. The molecule has 0 radical (unpaired) electrons. The van der Waals surface area contributed by atoms with Gasteiger partial charge in [0.05, 0.1) is 12.7 Å². The maximum Gasteiger partial charge on any atom is 0.208 e. The minimum atomic E-state index is 0.786. The molecule has 94 valence electrons. The molecule has 1 N–H and O–H groups in total. The Balaban J connectivity index is 1.43. The highest BCUT2D eigenvalue weighted by atomic mass is 16.4. The van der Waals surface area contributed by atoms with E-state index >= 15 is 0 Å². The number of aryl methyl sites for hydroxylation is 1. The monoisotopic (exact) mass is 234 g/mol. The van der Waals surface area contributed by atoms with E-state index < -0.39 is 0 Å². The smallest absolute Gasteiger partial charge is 0.208 e. The van der Waals surface area contributed by atoms with Crippen molar-refractivity contribution in [1.29, 1.82) is 0 Å². The van der Waals surface area contributed by atoms with Gasteiger partial charge < -0.3 is 9.73 Å². The molecule has 2 fully saturated rings. The van der Waals surface area contributed by atoms with Crippen LogP contribution in [0.25, 0.3) is 0 Å². The number of rotatable bonds is 5. The van der Waals surface area contributed by atoms with Crippen molar-refractivity contribution >= 4 is 0 Å². The largest absolute Gasteiger partial charge is 0.444 e. The fraction of sp³-hybridized carbons (Fsp3) is 0.786. The van der Waals surface area contributed by atoms with Crippen LogP contribution in [-0.4, -0.2) is 11.5 Å². The number of hydrogen-bond acceptors (Lipinski definition) is 3. The third-order valence-corrected chi connectivity index (χ3v) is 4.52. The summed E-state index contributed by atoms with van der Waals surface area (Å²) in [5, 5.41) is 3.51. The summed E-state index contributed by atoms with van der Waals surface area (Å²) in [7, 11) is 0. The van der Waals surface area contributed by atoms with E-state index in [0.717, 1.165) is 48.9 Å². The van der Waals surface area contributed by atoms with Crippen molar-refractivity contribution in [2.75, 3.05) is 6.54 Å². The Morgan fingerprint density at radius 2 is 2.35 bits per heavy atom. The van der Waals surface area contributed by atoms with Gasteiger partial charge in [-0.05, 0) is 43.6 Å². The minimum Gasteiger partial charge on any atom is -0.444 e. The van der Waals surface area contributed by atoms with Crippen molar-refractivity contribution in [2.45, 2.75) is 45.6 Å². The average Bonchev–Trinajstić information content (AvgIpc) is 3.04. The van der Waals surface area contributed by atoms with Crippen LogP contribution in [0.5, 0.6) is 0 Å². The topological polar surface area (TPSA) is 38.1 Å². The number of nitrogens with one attached hydrogen (secondary N) is 1. The normalized spacial score (nSPS) is 31.2. The van der Waals surface area contributed by atoms with Gasteiger partial charge in [-0.25, -0.2) is 4.98 Å². The second-order valence-electron chi connectivity index (χ2n) is 5.64. The lowest BCUT2D eigenvalue weighted by molar-refractivity contribution is 0.312. The standard InChI is InChI=1S/C14H22N2O/c1-2-13-8-16-14(17-13)9-15-7-12-6-10-3-4-11(12)5-10/h8,10-12,15H,2-7,9H2,1H3. The molecule has 0 amide bonds. The summed E-state index contributed by atoms with van der Waals surface area (Å²) in [6, 6.07) is 0. The minimum absolute atomic E-state index is 0.786. The van der Waals surface area contributed by atoms with Crippen LogP contribution in [-0.2, 0) is 13.0 Å². The van der Waals surface area contributed by atoms with Crippen molar-refractivity contribution < 1.29 is 4.42 Å². The Kier molecular flexibility index (Phi) is 3.19. The van der Waals surface area contributed by atoms with Gasteiger partial charge in [0.2, 0.25) is 5.89 Å². The van der Waals surface area contributed by atoms with Crippen molar-refractivity contribution in [1.82, 2.24) is 10.3 Å².